The van der Waals surface area contributed by atoms with Gasteiger partial charge in [0.2, 0.25) is 10.0 Å². The Morgan fingerprint density at radius 3 is 2.51 bits per heavy atom. The Morgan fingerprint density at radius 1 is 1.07 bits per heavy atom. The monoisotopic (exact) mass is 606 g/mol. The second kappa shape index (κ2) is 11.3. The van der Waals surface area contributed by atoms with Crippen molar-refractivity contribution in [1.29, 1.82) is 0 Å². The fourth-order valence-electron chi connectivity index (χ4n) is 4.53. The number of nitrogens with one attached hydrogen (secondary N) is 2. The molecule has 11 nitrogen and oxygen atoms in total. The molecule has 15 heteroatoms. The molecule has 0 saturated carbocycles. The summed E-state index contributed by atoms with van der Waals surface area (Å²) in [6.45, 7) is 4.09. The highest BCUT2D eigenvalue weighted by Crippen LogP contribution is 2.39. The minimum Gasteiger partial charge on any atom is -0.358 e. The van der Waals surface area contributed by atoms with Crippen molar-refractivity contribution in [1.82, 2.24) is 24.5 Å². The number of anilines is 5. The lowest BCUT2D eigenvalue weighted by molar-refractivity contribution is -0.0363. The van der Waals surface area contributed by atoms with E-state index >= 15 is 0 Å². The van der Waals surface area contributed by atoms with Crippen LogP contribution in [0.1, 0.15) is 49.1 Å². The summed E-state index contributed by atoms with van der Waals surface area (Å²) in [4.78, 5) is 17.8. The smallest absolute Gasteiger partial charge is 0.295 e. The Labute approximate surface area is 241 Å². The van der Waals surface area contributed by atoms with Crippen molar-refractivity contribution in [2.24, 2.45) is 0 Å². The van der Waals surface area contributed by atoms with Crippen molar-refractivity contribution in [3.8, 4) is 0 Å². The Kier molecular flexibility index (Phi) is 7.99. The summed E-state index contributed by atoms with van der Waals surface area (Å²) in [5.41, 5.74) is 2.72. The van der Waals surface area contributed by atoms with Crippen LogP contribution in [-0.4, -0.2) is 52.8 Å². The molecule has 1 aliphatic rings. The van der Waals surface area contributed by atoms with E-state index in [4.69, 9.17) is 16.3 Å². The highest BCUT2D eigenvalue weighted by atomic mass is 35.5. The topological polar surface area (TPSA) is 127 Å². The van der Waals surface area contributed by atoms with Gasteiger partial charge < -0.3 is 15.4 Å². The van der Waals surface area contributed by atoms with E-state index in [1.54, 1.807) is 24.4 Å². The lowest BCUT2D eigenvalue weighted by Crippen LogP contribution is -2.25. The molecule has 0 amide bonds. The summed E-state index contributed by atoms with van der Waals surface area (Å²) < 4.78 is 61.7. The molecular formula is C26H29ClF2N8O3S. The average Bonchev–Trinajstić information content (AvgIpc) is 3.31. The maximum Gasteiger partial charge on any atom is 0.295 e. The van der Waals surface area contributed by atoms with Crippen LogP contribution in [0.2, 0.25) is 5.02 Å². The van der Waals surface area contributed by atoms with E-state index < -0.39 is 28.5 Å². The van der Waals surface area contributed by atoms with Crippen LogP contribution in [0.15, 0.2) is 30.5 Å². The van der Waals surface area contributed by atoms with E-state index in [2.05, 4.69) is 30.6 Å². The van der Waals surface area contributed by atoms with Crippen molar-refractivity contribution in [2.75, 3.05) is 34.8 Å². The second-order valence-electron chi connectivity index (χ2n) is 9.76. The van der Waals surface area contributed by atoms with Gasteiger partial charge in [-0.15, -0.1) is 0 Å². The SMILES string of the molecule is Cc1ncc(Nc2cc(Nc3ccc(Cl)cc3N(C)S(C)(=O)=O)c3nc(C(F)F)n(C4CCCCO4)c3n2)nc1C. The highest BCUT2D eigenvalue weighted by molar-refractivity contribution is 7.92. The van der Waals surface area contributed by atoms with Gasteiger partial charge in [-0.1, -0.05) is 11.6 Å². The molecule has 1 unspecified atom stereocenters. The lowest BCUT2D eigenvalue weighted by Gasteiger charge is -2.25. The number of ether oxygens (including phenoxy) is 1. The number of nitrogens with zero attached hydrogens (tertiary/aromatic N) is 6. The summed E-state index contributed by atoms with van der Waals surface area (Å²) in [6, 6.07) is 6.27. The van der Waals surface area contributed by atoms with E-state index in [0.29, 0.717) is 40.9 Å². The Morgan fingerprint density at radius 2 is 1.85 bits per heavy atom. The number of imidazole rings is 1. The number of alkyl halides is 2. The number of hydrogen-bond donors (Lipinski definition) is 2. The number of halogens is 3. The zero-order valence-electron chi connectivity index (χ0n) is 22.8. The van der Waals surface area contributed by atoms with Gasteiger partial charge in [0.05, 0.1) is 40.9 Å². The van der Waals surface area contributed by atoms with E-state index in [0.717, 1.165) is 29.1 Å². The lowest BCUT2D eigenvalue weighted by atomic mass is 10.2. The highest BCUT2D eigenvalue weighted by Gasteiger charge is 2.29. The fourth-order valence-corrected chi connectivity index (χ4v) is 5.21. The van der Waals surface area contributed by atoms with E-state index in [1.807, 2.05) is 13.8 Å². The van der Waals surface area contributed by atoms with E-state index in [-0.39, 0.29) is 22.7 Å². The molecule has 1 saturated heterocycles. The van der Waals surface area contributed by atoms with Crippen LogP contribution in [0.3, 0.4) is 0 Å². The maximum atomic E-state index is 14.3. The van der Waals surface area contributed by atoms with Gasteiger partial charge in [-0.3, -0.25) is 13.9 Å². The van der Waals surface area contributed by atoms with Crippen molar-refractivity contribution in [2.45, 2.75) is 45.8 Å². The van der Waals surface area contributed by atoms with Crippen LogP contribution in [-0.2, 0) is 14.8 Å². The number of rotatable bonds is 8. The molecule has 0 spiro atoms. The third-order valence-electron chi connectivity index (χ3n) is 6.83. The molecule has 5 rings (SSSR count). The third kappa shape index (κ3) is 6.04. The molecule has 3 aromatic heterocycles. The van der Waals surface area contributed by atoms with Gasteiger partial charge in [0.15, 0.2) is 11.5 Å². The molecule has 2 N–H and O–H groups in total. The molecule has 0 radical (unpaired) electrons. The number of aryl methyl sites for hydroxylation is 2. The largest absolute Gasteiger partial charge is 0.358 e. The van der Waals surface area contributed by atoms with Gasteiger partial charge in [-0.05, 0) is 51.3 Å². The number of fused-ring (bicyclic) bond motifs is 1. The van der Waals surface area contributed by atoms with Gasteiger partial charge in [0.1, 0.15) is 23.4 Å². The number of sulfonamides is 1. The number of aromatic nitrogens is 5. The zero-order valence-corrected chi connectivity index (χ0v) is 24.4. The quantitative estimate of drug-likeness (QED) is 0.248. The van der Waals surface area contributed by atoms with Gasteiger partial charge >= 0.3 is 0 Å². The number of hydrogen-bond acceptors (Lipinski definition) is 9. The summed E-state index contributed by atoms with van der Waals surface area (Å²) in [5.74, 6) is 0.210. The van der Waals surface area contributed by atoms with Crippen LogP contribution in [0.4, 0.5) is 37.5 Å². The molecule has 1 fully saturated rings. The van der Waals surface area contributed by atoms with E-state index in [9.17, 15) is 17.2 Å². The predicted molar refractivity (Wildman–Crippen MR) is 154 cm³/mol. The standard InChI is InChI=1S/C26H29ClF2N8O3S/c1-14-15(2)31-21(13-30-14)33-20-12-18(32-17-9-8-16(27)11-19(17)36(3)41(4,38)39)23-25(34-20)37(26(35-23)24(28)29)22-7-5-6-10-40-22/h8-9,11-13,22,24H,5-7,10H2,1-4H3,(H2,31,32,33,34). The van der Waals surface area contributed by atoms with Crippen LogP contribution < -0.4 is 14.9 Å². The summed E-state index contributed by atoms with van der Waals surface area (Å²) >= 11 is 6.20. The normalized spacial score (nSPS) is 15.9. The molecule has 0 aliphatic carbocycles. The maximum absolute atomic E-state index is 14.3. The summed E-state index contributed by atoms with van der Waals surface area (Å²) in [5, 5.41) is 6.61. The van der Waals surface area contributed by atoms with Crippen molar-refractivity contribution >= 4 is 61.5 Å². The molecule has 1 aromatic carbocycles. The molecule has 4 aromatic rings. The van der Waals surface area contributed by atoms with Gasteiger partial charge in [0.25, 0.3) is 6.43 Å². The first-order chi connectivity index (χ1) is 19.4. The first-order valence-electron chi connectivity index (χ1n) is 12.8. The third-order valence-corrected chi connectivity index (χ3v) is 8.26. The Hall–Kier alpha value is -3.62. The first-order valence-corrected chi connectivity index (χ1v) is 15.1. The van der Waals surface area contributed by atoms with Crippen LogP contribution >= 0.6 is 11.6 Å². The molecule has 1 aliphatic heterocycles. The fraction of sp³-hybridized carbons (Fsp3) is 0.385. The van der Waals surface area contributed by atoms with E-state index in [1.165, 1.54) is 17.7 Å². The number of pyridine rings is 1. The van der Waals surface area contributed by atoms with Crippen LogP contribution in [0.25, 0.3) is 11.2 Å². The second-order valence-corrected chi connectivity index (χ2v) is 12.2. The Bertz CT molecular complexity index is 1710. The minimum absolute atomic E-state index is 0.161. The van der Waals surface area contributed by atoms with Gasteiger partial charge in [-0.2, -0.15) is 0 Å². The molecule has 0 bridgehead atoms. The van der Waals surface area contributed by atoms with Gasteiger partial charge in [-0.25, -0.2) is 32.2 Å². The van der Waals surface area contributed by atoms with Crippen LogP contribution in [0.5, 0.6) is 0 Å². The molecule has 4 heterocycles. The zero-order chi connectivity index (χ0) is 29.5. The molecule has 1 atom stereocenters. The van der Waals surface area contributed by atoms with Crippen molar-refractivity contribution < 1.29 is 21.9 Å². The summed E-state index contributed by atoms with van der Waals surface area (Å²) in [7, 11) is -2.26. The van der Waals surface area contributed by atoms with Crippen molar-refractivity contribution in [3.05, 3.63) is 52.7 Å². The predicted octanol–water partition coefficient (Wildman–Crippen LogP) is 6.01. The van der Waals surface area contributed by atoms with Crippen molar-refractivity contribution in [3.63, 3.8) is 0 Å². The number of benzene rings is 1. The average molecular weight is 607 g/mol. The summed E-state index contributed by atoms with van der Waals surface area (Å²) in [6.07, 6.45) is 1.21. The van der Waals surface area contributed by atoms with Gasteiger partial charge in [0, 0.05) is 24.7 Å². The minimum atomic E-state index is -3.66. The molecular weight excluding hydrogens is 578 g/mol. The molecule has 41 heavy (non-hydrogen) atoms. The Balaban J connectivity index is 1.70. The first kappa shape index (κ1) is 28.9. The molecule has 218 valence electrons. The van der Waals surface area contributed by atoms with Crippen LogP contribution in [0, 0.1) is 13.8 Å².